The zero-order valence-corrected chi connectivity index (χ0v) is 13.1. The Balaban J connectivity index is 2.29. The van der Waals surface area contributed by atoms with Crippen LogP contribution in [0.2, 0.25) is 0 Å². The molecule has 0 radical (unpaired) electrons. The van der Waals surface area contributed by atoms with Crippen LogP contribution in [0.15, 0.2) is 12.3 Å². The Morgan fingerprint density at radius 1 is 1.52 bits per heavy atom. The summed E-state index contributed by atoms with van der Waals surface area (Å²) in [4.78, 5) is 21.4. The van der Waals surface area contributed by atoms with Gasteiger partial charge in [-0.3, -0.25) is 15.6 Å². The molecule has 0 aliphatic carbocycles. The molecular formula is C15H25N5O. The van der Waals surface area contributed by atoms with Crippen LogP contribution in [0.5, 0.6) is 0 Å². The Labute approximate surface area is 126 Å². The molecule has 1 fully saturated rings. The van der Waals surface area contributed by atoms with Crippen LogP contribution in [0.4, 0.5) is 5.69 Å². The van der Waals surface area contributed by atoms with E-state index in [1.54, 1.807) is 12.3 Å². The molecular weight excluding hydrogens is 266 g/mol. The zero-order chi connectivity index (χ0) is 15.4. The van der Waals surface area contributed by atoms with E-state index in [9.17, 15) is 4.79 Å². The van der Waals surface area contributed by atoms with Crippen molar-refractivity contribution in [1.29, 1.82) is 0 Å². The van der Waals surface area contributed by atoms with Gasteiger partial charge in [0.15, 0.2) is 0 Å². The van der Waals surface area contributed by atoms with Crippen LogP contribution in [0.1, 0.15) is 35.8 Å². The number of hydrogen-bond acceptors (Lipinski definition) is 5. The normalized spacial score (nSPS) is 20.2. The minimum atomic E-state index is 0.0117. The molecule has 1 saturated heterocycles. The standard InChI is InChI=1S/C15H25N5O/c1-4-12-10-19(3)6-5-7-20(12)15(21)13-9-17-11(2)8-14(13)18-16/h8-9,12H,4-7,10,16H2,1-3H3,(H,17,18). The van der Waals surface area contributed by atoms with Crippen molar-refractivity contribution >= 4 is 11.6 Å². The Kier molecular flexibility index (Phi) is 5.14. The summed E-state index contributed by atoms with van der Waals surface area (Å²) in [5, 5.41) is 0. The number of nitrogens with zero attached hydrogens (tertiary/aromatic N) is 3. The predicted molar refractivity (Wildman–Crippen MR) is 84.0 cm³/mol. The Hall–Kier alpha value is -1.66. The van der Waals surface area contributed by atoms with E-state index < -0.39 is 0 Å². The number of nitrogen functional groups attached to an aromatic ring is 1. The van der Waals surface area contributed by atoms with Gasteiger partial charge in [-0.05, 0) is 39.4 Å². The van der Waals surface area contributed by atoms with Crippen molar-refractivity contribution < 1.29 is 4.79 Å². The molecule has 1 atom stereocenters. The van der Waals surface area contributed by atoms with Crippen molar-refractivity contribution in [2.45, 2.75) is 32.7 Å². The summed E-state index contributed by atoms with van der Waals surface area (Å²) in [6.45, 7) is 6.71. The number of aryl methyl sites for hydroxylation is 1. The number of carbonyl (C=O) groups excluding carboxylic acids is 1. The quantitative estimate of drug-likeness (QED) is 0.647. The lowest BCUT2D eigenvalue weighted by Gasteiger charge is -2.30. The van der Waals surface area contributed by atoms with Crippen LogP contribution in [-0.4, -0.2) is 53.4 Å². The molecule has 6 heteroatoms. The van der Waals surface area contributed by atoms with Crippen molar-refractivity contribution in [3.05, 3.63) is 23.5 Å². The monoisotopic (exact) mass is 291 g/mol. The summed E-state index contributed by atoms with van der Waals surface area (Å²) in [6.07, 6.45) is 3.55. The number of nitrogens with one attached hydrogen (secondary N) is 1. The fraction of sp³-hybridized carbons (Fsp3) is 0.600. The van der Waals surface area contributed by atoms with Gasteiger partial charge in [0.2, 0.25) is 0 Å². The number of anilines is 1. The number of rotatable bonds is 3. The molecule has 1 aliphatic rings. The van der Waals surface area contributed by atoms with Gasteiger partial charge in [-0.2, -0.15) is 0 Å². The van der Waals surface area contributed by atoms with Gasteiger partial charge < -0.3 is 15.2 Å². The molecule has 2 rings (SSSR count). The molecule has 0 spiro atoms. The molecule has 0 aromatic carbocycles. The number of pyridine rings is 1. The largest absolute Gasteiger partial charge is 0.334 e. The second kappa shape index (κ2) is 6.87. The molecule has 1 amide bonds. The van der Waals surface area contributed by atoms with Gasteiger partial charge in [0.05, 0.1) is 11.3 Å². The highest BCUT2D eigenvalue weighted by Gasteiger charge is 2.28. The SMILES string of the molecule is CCC1CN(C)CCCN1C(=O)c1cnc(C)cc1NN. The van der Waals surface area contributed by atoms with Gasteiger partial charge >= 0.3 is 0 Å². The average Bonchev–Trinajstić information content (AvgIpc) is 2.67. The minimum absolute atomic E-state index is 0.0117. The molecule has 1 aromatic heterocycles. The molecule has 3 N–H and O–H groups in total. The van der Waals surface area contributed by atoms with Crippen molar-refractivity contribution in [1.82, 2.24) is 14.8 Å². The molecule has 0 saturated carbocycles. The van der Waals surface area contributed by atoms with Gasteiger partial charge in [-0.25, -0.2) is 0 Å². The van der Waals surface area contributed by atoms with Crippen molar-refractivity contribution in [3.63, 3.8) is 0 Å². The molecule has 1 aliphatic heterocycles. The van der Waals surface area contributed by atoms with E-state index in [1.807, 2.05) is 11.8 Å². The van der Waals surface area contributed by atoms with Crippen molar-refractivity contribution in [3.8, 4) is 0 Å². The third kappa shape index (κ3) is 3.51. The number of carbonyl (C=O) groups is 1. The maximum absolute atomic E-state index is 12.9. The first-order valence-corrected chi connectivity index (χ1v) is 7.49. The topological polar surface area (TPSA) is 74.5 Å². The van der Waals surface area contributed by atoms with Crippen LogP contribution in [0, 0.1) is 6.92 Å². The number of nitrogens with two attached hydrogens (primary N) is 1. The van der Waals surface area contributed by atoms with Crippen molar-refractivity contribution in [2.75, 3.05) is 32.1 Å². The van der Waals surface area contributed by atoms with Gasteiger partial charge in [-0.15, -0.1) is 0 Å². The highest BCUT2D eigenvalue weighted by atomic mass is 16.2. The molecule has 21 heavy (non-hydrogen) atoms. The van der Waals surface area contributed by atoms with E-state index >= 15 is 0 Å². The third-order valence-electron chi connectivity index (χ3n) is 4.06. The van der Waals surface area contributed by atoms with Gasteiger partial charge in [0.25, 0.3) is 5.91 Å². The smallest absolute Gasteiger partial charge is 0.257 e. The number of likely N-dealkylation sites (N-methyl/N-ethyl adjacent to an activating group) is 1. The summed E-state index contributed by atoms with van der Waals surface area (Å²) < 4.78 is 0. The van der Waals surface area contributed by atoms with Crippen LogP contribution in [-0.2, 0) is 0 Å². The van der Waals surface area contributed by atoms with E-state index in [0.29, 0.717) is 11.3 Å². The molecule has 1 aromatic rings. The van der Waals surface area contributed by atoms with Crippen molar-refractivity contribution in [2.24, 2.45) is 5.84 Å². The molecule has 0 bridgehead atoms. The van der Waals surface area contributed by atoms with E-state index in [-0.39, 0.29) is 11.9 Å². The second-order valence-electron chi connectivity index (χ2n) is 5.69. The minimum Gasteiger partial charge on any atom is -0.334 e. The molecule has 116 valence electrons. The maximum atomic E-state index is 12.9. The second-order valence-corrected chi connectivity index (χ2v) is 5.69. The first-order chi connectivity index (χ1) is 10.1. The van der Waals surface area contributed by atoms with Crippen LogP contribution in [0.25, 0.3) is 0 Å². The first kappa shape index (κ1) is 15.7. The predicted octanol–water partition coefficient (Wildman–Crippen LogP) is 1.23. The molecule has 6 nitrogen and oxygen atoms in total. The summed E-state index contributed by atoms with van der Waals surface area (Å²) in [7, 11) is 2.11. The van der Waals surface area contributed by atoms with Gasteiger partial charge in [0.1, 0.15) is 0 Å². The number of aromatic nitrogens is 1. The lowest BCUT2D eigenvalue weighted by Crippen LogP contribution is -2.43. The fourth-order valence-corrected chi connectivity index (χ4v) is 2.86. The van der Waals surface area contributed by atoms with E-state index in [0.717, 1.165) is 38.2 Å². The number of amides is 1. The van der Waals surface area contributed by atoms with Crippen LogP contribution in [0.3, 0.4) is 0 Å². The third-order valence-corrected chi connectivity index (χ3v) is 4.06. The lowest BCUT2D eigenvalue weighted by molar-refractivity contribution is 0.0676. The molecule has 1 unspecified atom stereocenters. The first-order valence-electron chi connectivity index (χ1n) is 7.49. The summed E-state index contributed by atoms with van der Waals surface area (Å²) in [5.41, 5.74) is 4.64. The fourth-order valence-electron chi connectivity index (χ4n) is 2.86. The van der Waals surface area contributed by atoms with E-state index in [2.05, 4.69) is 29.3 Å². The highest BCUT2D eigenvalue weighted by Crippen LogP contribution is 2.21. The number of hydrazine groups is 1. The maximum Gasteiger partial charge on any atom is 0.257 e. The van der Waals surface area contributed by atoms with E-state index in [1.165, 1.54) is 0 Å². The van der Waals surface area contributed by atoms with Crippen LogP contribution >= 0.6 is 0 Å². The Bertz CT molecular complexity index is 505. The average molecular weight is 291 g/mol. The van der Waals surface area contributed by atoms with Crippen LogP contribution < -0.4 is 11.3 Å². The summed E-state index contributed by atoms with van der Waals surface area (Å²) >= 11 is 0. The van der Waals surface area contributed by atoms with E-state index in [4.69, 9.17) is 5.84 Å². The Morgan fingerprint density at radius 2 is 2.29 bits per heavy atom. The van der Waals surface area contributed by atoms with Gasteiger partial charge in [-0.1, -0.05) is 6.92 Å². The molecule has 2 heterocycles. The lowest BCUT2D eigenvalue weighted by atomic mass is 10.1. The number of hydrogen-bond donors (Lipinski definition) is 2. The summed E-state index contributed by atoms with van der Waals surface area (Å²) in [6, 6.07) is 2.04. The summed E-state index contributed by atoms with van der Waals surface area (Å²) in [5.74, 6) is 5.56. The Morgan fingerprint density at radius 3 is 2.95 bits per heavy atom. The zero-order valence-electron chi connectivity index (χ0n) is 13.1. The van der Waals surface area contributed by atoms with Gasteiger partial charge in [0, 0.05) is 31.0 Å². The highest BCUT2D eigenvalue weighted by molar-refractivity contribution is 5.99.